The maximum absolute atomic E-state index is 11.5. The van der Waals surface area contributed by atoms with Crippen LogP contribution in [0.1, 0.15) is 0 Å². The average Bonchev–Trinajstić information content (AvgIpc) is 2.39. The summed E-state index contributed by atoms with van der Waals surface area (Å²) in [6.07, 6.45) is 1.58. The highest BCUT2D eigenvalue weighted by atomic mass is 16.5. The van der Waals surface area contributed by atoms with Gasteiger partial charge in [0.1, 0.15) is 5.82 Å². The Bertz CT molecular complexity index is 529. The highest BCUT2D eigenvalue weighted by molar-refractivity contribution is 5.90. The summed E-state index contributed by atoms with van der Waals surface area (Å²) in [5, 5.41) is 12.0. The number of nitrogens with one attached hydrogen (secondary N) is 1. The summed E-state index contributed by atoms with van der Waals surface area (Å²) in [5.74, 6) is 0.400. The number of benzene rings is 1. The largest absolute Gasteiger partial charge is 0.504 e. The van der Waals surface area contributed by atoms with Crippen molar-refractivity contribution in [3.63, 3.8) is 0 Å². The zero-order valence-corrected chi connectivity index (χ0v) is 9.54. The van der Waals surface area contributed by atoms with Gasteiger partial charge in [0, 0.05) is 6.20 Å². The number of hydrogen-bond acceptors (Lipinski definition) is 4. The molecule has 0 aliphatic heterocycles. The van der Waals surface area contributed by atoms with Crippen molar-refractivity contribution in [3.05, 3.63) is 48.7 Å². The van der Waals surface area contributed by atoms with Gasteiger partial charge < -0.3 is 15.2 Å². The molecule has 92 valence electrons. The normalized spacial score (nSPS) is 9.78. The van der Waals surface area contributed by atoms with E-state index >= 15 is 0 Å². The first-order valence-corrected chi connectivity index (χ1v) is 5.37. The minimum absolute atomic E-state index is 0.00290. The summed E-state index contributed by atoms with van der Waals surface area (Å²) in [6, 6.07) is 11.7. The van der Waals surface area contributed by atoms with Gasteiger partial charge in [-0.25, -0.2) is 4.98 Å². The van der Waals surface area contributed by atoms with E-state index in [1.54, 1.807) is 42.6 Å². The molecular weight excluding hydrogens is 232 g/mol. The molecule has 0 radical (unpaired) electrons. The lowest BCUT2D eigenvalue weighted by Crippen LogP contribution is -2.20. The fraction of sp³-hybridized carbons (Fsp3) is 0.0769. The zero-order chi connectivity index (χ0) is 12.8. The molecular formula is C13H12N2O3. The number of aromatic hydroxyl groups is 1. The fourth-order valence-corrected chi connectivity index (χ4v) is 1.34. The monoisotopic (exact) mass is 244 g/mol. The topological polar surface area (TPSA) is 71.5 Å². The third-order valence-corrected chi connectivity index (χ3v) is 2.16. The van der Waals surface area contributed by atoms with Crippen molar-refractivity contribution in [1.29, 1.82) is 0 Å². The summed E-state index contributed by atoms with van der Waals surface area (Å²) in [4.78, 5) is 15.5. The third kappa shape index (κ3) is 3.21. The molecule has 0 saturated carbocycles. The van der Waals surface area contributed by atoms with Gasteiger partial charge in [-0.05, 0) is 24.3 Å². The highest BCUT2D eigenvalue weighted by Gasteiger charge is 2.06. The van der Waals surface area contributed by atoms with Crippen LogP contribution in [-0.2, 0) is 4.79 Å². The van der Waals surface area contributed by atoms with Crippen molar-refractivity contribution in [3.8, 4) is 11.5 Å². The van der Waals surface area contributed by atoms with E-state index in [9.17, 15) is 9.90 Å². The molecule has 0 aliphatic rings. The molecule has 0 atom stereocenters. The maximum atomic E-state index is 11.5. The summed E-state index contributed by atoms with van der Waals surface area (Å²) in [7, 11) is 0. The van der Waals surface area contributed by atoms with E-state index < -0.39 is 0 Å². The number of para-hydroxylation sites is 2. The van der Waals surface area contributed by atoms with Crippen LogP contribution >= 0.6 is 0 Å². The Morgan fingerprint density at radius 3 is 2.72 bits per heavy atom. The van der Waals surface area contributed by atoms with Crippen LogP contribution in [-0.4, -0.2) is 22.6 Å². The molecule has 2 rings (SSSR count). The number of hydrogen-bond donors (Lipinski definition) is 2. The van der Waals surface area contributed by atoms with Gasteiger partial charge in [-0.15, -0.1) is 0 Å². The molecule has 18 heavy (non-hydrogen) atoms. The van der Waals surface area contributed by atoms with E-state index in [0.717, 1.165) is 0 Å². The molecule has 0 fully saturated rings. The summed E-state index contributed by atoms with van der Waals surface area (Å²) < 4.78 is 5.18. The van der Waals surface area contributed by atoms with E-state index in [1.807, 2.05) is 0 Å². The minimum atomic E-state index is -0.336. The zero-order valence-electron chi connectivity index (χ0n) is 9.54. The Hall–Kier alpha value is -2.56. The maximum Gasteiger partial charge on any atom is 0.263 e. The number of aromatic nitrogens is 1. The van der Waals surface area contributed by atoms with Crippen LogP contribution in [0.3, 0.4) is 0 Å². The van der Waals surface area contributed by atoms with Crippen molar-refractivity contribution < 1.29 is 14.6 Å². The first-order chi connectivity index (χ1) is 8.75. The van der Waals surface area contributed by atoms with Crippen LogP contribution in [0.25, 0.3) is 0 Å². The first-order valence-electron chi connectivity index (χ1n) is 5.37. The van der Waals surface area contributed by atoms with Gasteiger partial charge in [-0.3, -0.25) is 4.79 Å². The van der Waals surface area contributed by atoms with Gasteiger partial charge in [0.05, 0.1) is 0 Å². The lowest BCUT2D eigenvalue weighted by molar-refractivity contribution is -0.118. The minimum Gasteiger partial charge on any atom is -0.504 e. The van der Waals surface area contributed by atoms with Crippen LogP contribution in [0.4, 0.5) is 5.82 Å². The quantitative estimate of drug-likeness (QED) is 0.860. The standard InChI is InChI=1S/C13H12N2O3/c16-10-5-1-2-6-11(10)18-9-13(17)15-12-7-3-4-8-14-12/h1-8,16H,9H2,(H,14,15,17). The molecule has 1 heterocycles. The van der Waals surface area contributed by atoms with Gasteiger partial charge in [-0.1, -0.05) is 18.2 Å². The fourth-order valence-electron chi connectivity index (χ4n) is 1.34. The number of ether oxygens (including phenoxy) is 1. The number of phenolic OH excluding ortho intramolecular Hbond substituents is 1. The number of pyridine rings is 1. The molecule has 5 heteroatoms. The lowest BCUT2D eigenvalue weighted by atomic mass is 10.3. The second-order valence-corrected chi connectivity index (χ2v) is 3.52. The van der Waals surface area contributed by atoms with Crippen molar-refractivity contribution in [2.75, 3.05) is 11.9 Å². The molecule has 0 bridgehead atoms. The van der Waals surface area contributed by atoms with Gasteiger partial charge in [0.2, 0.25) is 0 Å². The second kappa shape index (κ2) is 5.67. The van der Waals surface area contributed by atoms with E-state index in [1.165, 1.54) is 6.07 Å². The van der Waals surface area contributed by atoms with Crippen LogP contribution in [0.5, 0.6) is 11.5 Å². The van der Waals surface area contributed by atoms with Crippen molar-refractivity contribution >= 4 is 11.7 Å². The second-order valence-electron chi connectivity index (χ2n) is 3.52. The summed E-state index contributed by atoms with van der Waals surface area (Å²) in [6.45, 7) is -0.186. The Morgan fingerprint density at radius 2 is 2.00 bits per heavy atom. The molecule has 0 unspecified atom stereocenters. The number of anilines is 1. The van der Waals surface area contributed by atoms with E-state index in [0.29, 0.717) is 5.82 Å². The smallest absolute Gasteiger partial charge is 0.263 e. The number of phenols is 1. The first kappa shape index (κ1) is 11.9. The van der Waals surface area contributed by atoms with Gasteiger partial charge in [-0.2, -0.15) is 0 Å². The van der Waals surface area contributed by atoms with Gasteiger partial charge >= 0.3 is 0 Å². The van der Waals surface area contributed by atoms with Crippen LogP contribution in [0, 0.1) is 0 Å². The Kier molecular flexibility index (Phi) is 3.76. The number of nitrogens with zero attached hydrogens (tertiary/aromatic N) is 1. The molecule has 5 nitrogen and oxygen atoms in total. The highest BCUT2D eigenvalue weighted by Crippen LogP contribution is 2.24. The van der Waals surface area contributed by atoms with Crippen molar-refractivity contribution in [1.82, 2.24) is 4.98 Å². The number of carbonyl (C=O) groups is 1. The number of rotatable bonds is 4. The Labute approximate surface area is 104 Å². The molecule has 0 spiro atoms. The predicted octanol–water partition coefficient (Wildman–Crippen LogP) is 1.80. The van der Waals surface area contributed by atoms with Gasteiger partial charge in [0.15, 0.2) is 18.1 Å². The Balaban J connectivity index is 1.88. The summed E-state index contributed by atoms with van der Waals surface area (Å²) >= 11 is 0. The summed E-state index contributed by atoms with van der Waals surface area (Å²) in [5.41, 5.74) is 0. The van der Waals surface area contributed by atoms with Crippen LogP contribution < -0.4 is 10.1 Å². The number of carbonyl (C=O) groups excluding carboxylic acids is 1. The van der Waals surface area contributed by atoms with Crippen LogP contribution in [0.15, 0.2) is 48.7 Å². The molecule has 2 N–H and O–H groups in total. The Morgan fingerprint density at radius 1 is 1.22 bits per heavy atom. The lowest BCUT2D eigenvalue weighted by Gasteiger charge is -2.07. The molecule has 1 aromatic carbocycles. The predicted molar refractivity (Wildman–Crippen MR) is 66.5 cm³/mol. The van der Waals surface area contributed by atoms with E-state index in [4.69, 9.17) is 4.74 Å². The molecule has 1 amide bonds. The average molecular weight is 244 g/mol. The van der Waals surface area contributed by atoms with Crippen LogP contribution in [0.2, 0.25) is 0 Å². The molecule has 2 aromatic rings. The molecule has 0 saturated heterocycles. The molecule has 0 aliphatic carbocycles. The van der Waals surface area contributed by atoms with Crippen molar-refractivity contribution in [2.45, 2.75) is 0 Å². The van der Waals surface area contributed by atoms with Crippen molar-refractivity contribution in [2.24, 2.45) is 0 Å². The van der Waals surface area contributed by atoms with E-state index in [2.05, 4.69) is 10.3 Å². The molecule has 1 aromatic heterocycles. The third-order valence-electron chi connectivity index (χ3n) is 2.16. The number of amides is 1. The van der Waals surface area contributed by atoms with Gasteiger partial charge in [0.25, 0.3) is 5.91 Å². The van der Waals surface area contributed by atoms with E-state index in [-0.39, 0.29) is 24.0 Å². The SMILES string of the molecule is O=C(COc1ccccc1O)Nc1ccccn1.